The number of piperazine rings is 4. The molecular formula is C86H116Cl2N10O12S2. The first kappa shape index (κ1) is 80.8. The number of hydrogen-bond donors (Lipinski definition) is 2. The molecule has 0 radical (unpaired) electrons. The van der Waals surface area contributed by atoms with E-state index in [4.69, 9.17) is 42.1 Å². The van der Waals surface area contributed by atoms with E-state index in [1.165, 1.54) is 22.3 Å². The number of nitrogens with zero attached hydrogens (tertiary/aromatic N) is 8. The Morgan fingerprint density at radius 2 is 0.938 bits per heavy atom. The predicted molar refractivity (Wildman–Crippen MR) is 438 cm³/mol. The maximum absolute atomic E-state index is 13.7. The molecule has 12 aliphatic rings. The van der Waals surface area contributed by atoms with Gasteiger partial charge >= 0.3 is 0 Å². The van der Waals surface area contributed by atoms with Gasteiger partial charge in [-0.25, -0.2) is 26.3 Å². The SMILES string of the molecule is CO[C@]1(CN2CCN3CCN(C(C)=O)C[C@@H]3C2)/C=C/C[C@H](C)[C@@H](C)S(=O)(=O)NC(=O)c2ccc3c(c2)N(C[C@@H]2CC[C@H]21)C[C@@]1(CCCc2cc(Cl)ccc21)CO3.CO[C@]1(CN2CCN3CCN(C(C)=O)C[C@H]3C2)/C=C/C[C@H](C)[C@@H](C)S(=O)(=O)NC(=O)c2ccc3c(c2)N(C[C@@H]2CC[C@H]21)C[C@@]1(CCCc2cc(Cl)ccc21)CO3. The number of benzene rings is 4. The van der Waals surface area contributed by atoms with Crippen LogP contribution in [0.25, 0.3) is 0 Å². The molecule has 4 bridgehead atoms. The molecule has 4 aromatic carbocycles. The Bertz CT molecular complexity index is 4240. The van der Waals surface area contributed by atoms with E-state index in [1.54, 1.807) is 39.8 Å². The Hall–Kier alpha value is -6.32. The highest BCUT2D eigenvalue weighted by molar-refractivity contribution is 7.91. The number of carbonyl (C=O) groups is 4. The monoisotopic (exact) mass is 1610 g/mol. The van der Waals surface area contributed by atoms with Crippen molar-refractivity contribution in [1.82, 2.24) is 38.8 Å². The van der Waals surface area contributed by atoms with Gasteiger partial charge in [-0.1, -0.05) is 73.5 Å². The van der Waals surface area contributed by atoms with Crippen LogP contribution in [0, 0.1) is 35.5 Å². The molecule has 0 aromatic heterocycles. The Labute approximate surface area is 673 Å². The summed E-state index contributed by atoms with van der Waals surface area (Å²) in [5.74, 6) is 0.904. The van der Waals surface area contributed by atoms with Gasteiger partial charge in [0, 0.05) is 190 Å². The second kappa shape index (κ2) is 32.6. The molecule has 4 aliphatic carbocycles. The fourth-order valence-electron chi connectivity index (χ4n) is 21.2. The molecule has 26 heteroatoms. The predicted octanol–water partition coefficient (Wildman–Crippen LogP) is 10.2. The molecule has 8 aliphatic heterocycles. The number of fused-ring (bicyclic) bond motifs is 10. The van der Waals surface area contributed by atoms with Crippen LogP contribution < -0.4 is 28.7 Å². The number of carbonyl (C=O) groups excluding carboxylic acids is 4. The molecule has 2 spiro atoms. The minimum Gasteiger partial charge on any atom is -0.490 e. The number of anilines is 2. The van der Waals surface area contributed by atoms with E-state index in [2.05, 4.69) is 87.4 Å². The minimum atomic E-state index is -3.99. The highest BCUT2D eigenvalue weighted by Gasteiger charge is 2.54. The second-order valence-electron chi connectivity index (χ2n) is 35.2. The first-order valence-electron chi connectivity index (χ1n) is 41.2. The molecule has 112 heavy (non-hydrogen) atoms. The van der Waals surface area contributed by atoms with Crippen molar-refractivity contribution in [1.29, 1.82) is 0 Å². The topological polar surface area (TPSA) is 223 Å². The summed E-state index contributed by atoms with van der Waals surface area (Å²) in [7, 11) is -4.31. The number of ether oxygens (including phenoxy) is 4. The molecule has 6 fully saturated rings. The lowest BCUT2D eigenvalue weighted by molar-refractivity contribution is -0.134. The van der Waals surface area contributed by atoms with E-state index in [0.717, 1.165) is 177 Å². The van der Waals surface area contributed by atoms with Crippen LogP contribution in [0.5, 0.6) is 11.5 Å². The van der Waals surface area contributed by atoms with Crippen molar-refractivity contribution >= 4 is 78.3 Å². The van der Waals surface area contributed by atoms with Crippen molar-refractivity contribution in [3.05, 3.63) is 141 Å². The van der Waals surface area contributed by atoms with E-state index in [9.17, 15) is 36.0 Å². The molecule has 22 nitrogen and oxygen atoms in total. The Balaban J connectivity index is 0.000000177. The zero-order valence-electron chi connectivity index (χ0n) is 66.7. The van der Waals surface area contributed by atoms with E-state index in [1.807, 2.05) is 74.3 Å². The Kier molecular flexibility index (Phi) is 23.6. The third-order valence-electron chi connectivity index (χ3n) is 28.6. The van der Waals surface area contributed by atoms with Gasteiger partial charge in [0.15, 0.2) is 0 Å². The van der Waals surface area contributed by atoms with Crippen LogP contribution >= 0.6 is 23.2 Å². The molecule has 8 heterocycles. The van der Waals surface area contributed by atoms with Gasteiger partial charge in [0.1, 0.15) is 22.7 Å². The molecule has 4 aromatic rings. The van der Waals surface area contributed by atoms with Crippen LogP contribution in [-0.2, 0) is 62.8 Å². The molecular weight excluding hydrogens is 1500 g/mol. The van der Waals surface area contributed by atoms with E-state index < -0.39 is 53.6 Å². The van der Waals surface area contributed by atoms with Crippen molar-refractivity contribution < 1.29 is 55.0 Å². The summed E-state index contributed by atoms with van der Waals surface area (Å²) in [5, 5.41) is -0.136. The van der Waals surface area contributed by atoms with Crippen LogP contribution in [0.4, 0.5) is 11.4 Å². The van der Waals surface area contributed by atoms with Gasteiger partial charge < -0.3 is 38.5 Å². The molecule has 14 atom stereocenters. The number of allylic oxidation sites excluding steroid dienone is 2. The van der Waals surface area contributed by atoms with Crippen LogP contribution in [0.15, 0.2) is 97.1 Å². The molecule has 0 unspecified atom stereocenters. The minimum absolute atomic E-state index is 0.132. The highest BCUT2D eigenvalue weighted by atomic mass is 35.5. The van der Waals surface area contributed by atoms with Crippen LogP contribution in [-0.4, -0.2) is 249 Å². The fourth-order valence-corrected chi connectivity index (χ4v) is 24.2. The van der Waals surface area contributed by atoms with Crippen molar-refractivity contribution in [3.8, 4) is 11.5 Å². The molecule has 16 rings (SSSR count). The van der Waals surface area contributed by atoms with Gasteiger partial charge in [0.05, 0.1) is 35.1 Å². The molecule has 2 saturated carbocycles. The number of methoxy groups -OCH3 is 2. The normalized spacial score (nSPS) is 34.2. The van der Waals surface area contributed by atoms with Gasteiger partial charge in [0.2, 0.25) is 31.9 Å². The lowest BCUT2D eigenvalue weighted by Crippen LogP contribution is -2.65. The standard InChI is InChI=1S/2C43H58ClN5O6S/c2*1-29-7-5-16-43(54-4,27-46-17-18-47-19-20-48(31(3)50)25-36(47)24-46)38-12-9-34(38)23-49-26-42(15-6-8-32-21-35(44)11-13-37(32)42)28-55-40-14-10-33(22-39(40)49)41(51)45-56(52,53)30(29)2/h2*5,10-11,13-14,16,21-22,29-30,34,36,38H,6-9,12,15,17-20,23-28H2,1-4H3,(H,45,51)/b2*16-5+/t29-,30+,34-,36+,38+,42-,43-;29-,30+,34-,36-,38+,42-,43-/m00/s1. The third-order valence-corrected chi connectivity index (χ3v) is 32.9. The van der Waals surface area contributed by atoms with Gasteiger partial charge in [-0.2, -0.15) is 0 Å². The van der Waals surface area contributed by atoms with E-state index >= 15 is 0 Å². The lowest BCUT2D eigenvalue weighted by atomic mass is 9.63. The highest BCUT2D eigenvalue weighted by Crippen LogP contribution is 2.53. The van der Waals surface area contributed by atoms with Gasteiger partial charge in [-0.05, 0) is 209 Å². The van der Waals surface area contributed by atoms with Gasteiger partial charge in [0.25, 0.3) is 11.8 Å². The average molecular weight is 1620 g/mol. The van der Waals surface area contributed by atoms with Gasteiger partial charge in [-0.15, -0.1) is 0 Å². The largest absolute Gasteiger partial charge is 0.490 e. The average Bonchev–Trinajstić information content (AvgIpc) is 1.31. The summed E-state index contributed by atoms with van der Waals surface area (Å²) in [6, 6.07) is 23.7. The summed E-state index contributed by atoms with van der Waals surface area (Å²) < 4.78 is 86.4. The number of nitrogens with one attached hydrogen (secondary N) is 2. The van der Waals surface area contributed by atoms with Crippen molar-refractivity contribution in [2.45, 2.75) is 163 Å². The molecule has 608 valence electrons. The maximum Gasteiger partial charge on any atom is 0.264 e. The summed E-state index contributed by atoms with van der Waals surface area (Å²) in [5.41, 5.74) is 5.48. The molecule has 4 amide bonds. The van der Waals surface area contributed by atoms with Crippen molar-refractivity contribution in [3.63, 3.8) is 0 Å². The fraction of sp³-hybridized carbons (Fsp3) is 0.628. The Morgan fingerprint density at radius 3 is 1.32 bits per heavy atom. The second-order valence-corrected chi connectivity index (χ2v) is 40.1. The summed E-state index contributed by atoms with van der Waals surface area (Å²) >= 11 is 13.0. The zero-order valence-corrected chi connectivity index (χ0v) is 69.8. The quantitative estimate of drug-likeness (QED) is 0.171. The third kappa shape index (κ3) is 16.2. The first-order chi connectivity index (χ1) is 53.6. The van der Waals surface area contributed by atoms with Crippen LogP contribution in [0.3, 0.4) is 0 Å². The van der Waals surface area contributed by atoms with E-state index in [-0.39, 0.29) is 58.4 Å². The number of aryl methyl sites for hydroxylation is 2. The maximum atomic E-state index is 13.7. The van der Waals surface area contributed by atoms with Crippen LogP contribution in [0.1, 0.15) is 149 Å². The number of amides is 4. The van der Waals surface area contributed by atoms with Crippen molar-refractivity contribution in [2.75, 3.05) is 155 Å². The Morgan fingerprint density at radius 1 is 0.527 bits per heavy atom. The number of sulfonamides is 2. The van der Waals surface area contributed by atoms with Crippen molar-refractivity contribution in [2.24, 2.45) is 35.5 Å². The number of hydrogen-bond acceptors (Lipinski definition) is 18. The van der Waals surface area contributed by atoms with Crippen LogP contribution in [0.2, 0.25) is 10.0 Å². The summed E-state index contributed by atoms with van der Waals surface area (Å²) in [4.78, 5) is 71.0. The zero-order chi connectivity index (χ0) is 78.8. The summed E-state index contributed by atoms with van der Waals surface area (Å²) in [6.45, 7) is 26.1. The number of halogens is 2. The van der Waals surface area contributed by atoms with Gasteiger partial charge in [-0.3, -0.25) is 38.8 Å². The van der Waals surface area contributed by atoms with E-state index in [0.29, 0.717) is 86.7 Å². The first-order valence-corrected chi connectivity index (χ1v) is 45.1. The lowest BCUT2D eigenvalue weighted by Gasteiger charge is -2.53. The smallest absolute Gasteiger partial charge is 0.264 e. The molecule has 2 N–H and O–H groups in total. The summed E-state index contributed by atoms with van der Waals surface area (Å²) in [6.07, 6.45) is 19.8. The number of rotatable bonds is 6. The molecule has 4 saturated heterocycles.